The molecule has 0 spiro atoms. The number of ether oxygens (including phenoxy) is 2. The summed E-state index contributed by atoms with van der Waals surface area (Å²) in [5.74, 6) is -1.31. The Morgan fingerprint density at radius 1 is 1.26 bits per heavy atom. The Kier molecular flexibility index (Phi) is 8.42. The molecule has 7 nitrogen and oxygen atoms in total. The minimum atomic E-state index is -1.09. The molecule has 2 saturated heterocycles. The normalized spacial score (nSPS) is 28.7. The van der Waals surface area contributed by atoms with Crippen molar-refractivity contribution in [1.29, 1.82) is 5.26 Å². The van der Waals surface area contributed by atoms with Crippen molar-refractivity contribution in [3.05, 3.63) is 63.9 Å². The topological polar surface area (TPSA) is 96.3 Å². The molecule has 38 heavy (non-hydrogen) atoms. The molecule has 2 aromatic rings. The van der Waals surface area contributed by atoms with Crippen LogP contribution in [-0.2, 0) is 19.7 Å². The average molecular weight is 560 g/mol. The lowest BCUT2D eigenvalue weighted by Crippen LogP contribution is -2.46. The average Bonchev–Trinajstić information content (AvgIpc) is 3.35. The molecule has 0 saturated carbocycles. The van der Waals surface area contributed by atoms with Crippen LogP contribution in [0.1, 0.15) is 64.5 Å². The Morgan fingerprint density at radius 2 is 2.03 bits per heavy atom. The van der Waals surface area contributed by atoms with Gasteiger partial charge in [-0.15, -0.1) is 0 Å². The van der Waals surface area contributed by atoms with Gasteiger partial charge in [-0.3, -0.25) is 4.79 Å². The van der Waals surface area contributed by atoms with Gasteiger partial charge in [-0.1, -0.05) is 62.2 Å². The second kappa shape index (κ2) is 11.1. The molecule has 0 aliphatic carbocycles. The molecule has 0 bridgehead atoms. The number of nitriles is 1. The summed E-state index contributed by atoms with van der Waals surface area (Å²) in [6, 6.07) is 12.6. The number of carbonyl (C=O) groups is 1. The first-order chi connectivity index (χ1) is 17.8. The summed E-state index contributed by atoms with van der Waals surface area (Å²) in [7, 11) is 0. The molecule has 204 valence electrons. The smallest absolute Gasteiger partial charge is 0.237 e. The van der Waals surface area contributed by atoms with Crippen LogP contribution in [0.25, 0.3) is 0 Å². The fourth-order valence-corrected chi connectivity index (χ4v) is 6.03. The number of rotatable bonds is 7. The Labute approximate surface area is 235 Å². The highest BCUT2D eigenvalue weighted by molar-refractivity contribution is 6.30. The van der Waals surface area contributed by atoms with E-state index < -0.39 is 23.2 Å². The van der Waals surface area contributed by atoms with Crippen LogP contribution < -0.4 is 10.6 Å². The number of nitrogens with one attached hydrogen (secondary N) is 2. The second-order valence-corrected chi connectivity index (χ2v) is 12.7. The molecule has 5 atom stereocenters. The lowest BCUT2D eigenvalue weighted by molar-refractivity contribution is -0.138. The van der Waals surface area contributed by atoms with Gasteiger partial charge in [0, 0.05) is 29.7 Å². The standard InChI is InChI=1S/C29H36Cl2N4O3/c1-27(2,3)14-22-29(17-32,19-9-10-23(31)34-15-19)24(18-7-6-8-20(30)13-18)25(35-22)26(36)33-12-11-21-16-37-28(4,5)38-21/h6-10,13,15,21-22,24-25,35H,11-12,14,16H2,1-5H3,(H,33,36)/t21-,22-,24-,25+,29-/m0/s1. The number of amides is 1. The van der Waals surface area contributed by atoms with E-state index in [2.05, 4.69) is 42.5 Å². The summed E-state index contributed by atoms with van der Waals surface area (Å²) < 4.78 is 11.5. The summed E-state index contributed by atoms with van der Waals surface area (Å²) in [6.45, 7) is 11.1. The van der Waals surface area contributed by atoms with Crippen LogP contribution in [0.5, 0.6) is 0 Å². The van der Waals surface area contributed by atoms with Crippen molar-refractivity contribution >= 4 is 29.1 Å². The van der Waals surface area contributed by atoms with E-state index >= 15 is 0 Å². The maximum absolute atomic E-state index is 13.8. The van der Waals surface area contributed by atoms with Crippen molar-refractivity contribution in [3.8, 4) is 6.07 Å². The van der Waals surface area contributed by atoms with Gasteiger partial charge < -0.3 is 20.1 Å². The number of pyridine rings is 1. The minimum absolute atomic E-state index is 0.0856. The Balaban J connectivity index is 1.71. The van der Waals surface area contributed by atoms with Gasteiger partial charge in [0.15, 0.2) is 5.79 Å². The van der Waals surface area contributed by atoms with E-state index in [1.54, 1.807) is 18.3 Å². The largest absolute Gasteiger partial charge is 0.355 e. The molecule has 2 N–H and O–H groups in total. The molecule has 1 amide bonds. The highest BCUT2D eigenvalue weighted by Crippen LogP contribution is 2.51. The number of halogens is 2. The molecule has 1 aromatic carbocycles. The van der Waals surface area contributed by atoms with Crippen molar-refractivity contribution in [1.82, 2.24) is 15.6 Å². The second-order valence-electron chi connectivity index (χ2n) is 11.9. The molecule has 1 aromatic heterocycles. The van der Waals surface area contributed by atoms with Gasteiger partial charge >= 0.3 is 0 Å². The molecule has 9 heteroatoms. The number of benzene rings is 1. The quantitative estimate of drug-likeness (QED) is 0.443. The van der Waals surface area contributed by atoms with Crippen molar-refractivity contribution in [2.75, 3.05) is 13.2 Å². The third kappa shape index (κ3) is 6.16. The fraction of sp³-hybridized carbons (Fsp3) is 0.552. The maximum Gasteiger partial charge on any atom is 0.237 e. The molecule has 2 fully saturated rings. The van der Waals surface area contributed by atoms with Crippen molar-refractivity contribution in [3.63, 3.8) is 0 Å². The highest BCUT2D eigenvalue weighted by Gasteiger charge is 2.59. The first-order valence-electron chi connectivity index (χ1n) is 13.0. The van der Waals surface area contributed by atoms with Crippen LogP contribution >= 0.6 is 23.2 Å². The number of aromatic nitrogens is 1. The van der Waals surface area contributed by atoms with Gasteiger partial charge in [-0.25, -0.2) is 4.98 Å². The minimum Gasteiger partial charge on any atom is -0.355 e. The van der Waals surface area contributed by atoms with Crippen LogP contribution in [0.15, 0.2) is 42.6 Å². The van der Waals surface area contributed by atoms with Gasteiger partial charge in [-0.2, -0.15) is 5.26 Å². The predicted molar refractivity (Wildman–Crippen MR) is 148 cm³/mol. The molecular formula is C29H36Cl2N4O3. The van der Waals surface area contributed by atoms with Crippen molar-refractivity contribution in [2.24, 2.45) is 5.41 Å². The predicted octanol–water partition coefficient (Wildman–Crippen LogP) is 5.37. The van der Waals surface area contributed by atoms with Gasteiger partial charge in [0.25, 0.3) is 0 Å². The monoisotopic (exact) mass is 558 g/mol. The zero-order chi connectivity index (χ0) is 27.7. The van der Waals surface area contributed by atoms with E-state index in [-0.39, 0.29) is 23.5 Å². The molecule has 0 unspecified atom stereocenters. The Hall–Kier alpha value is -2.21. The first-order valence-corrected chi connectivity index (χ1v) is 13.7. The van der Waals surface area contributed by atoms with E-state index in [4.69, 9.17) is 32.7 Å². The third-order valence-electron chi connectivity index (χ3n) is 7.28. The Morgan fingerprint density at radius 3 is 2.61 bits per heavy atom. The van der Waals surface area contributed by atoms with Crippen molar-refractivity contribution in [2.45, 2.75) is 82.8 Å². The summed E-state index contributed by atoms with van der Waals surface area (Å²) in [5, 5.41) is 18.5. The molecular weight excluding hydrogens is 523 g/mol. The van der Waals surface area contributed by atoms with E-state index in [9.17, 15) is 10.1 Å². The van der Waals surface area contributed by atoms with E-state index in [0.717, 1.165) is 5.56 Å². The SMILES string of the molecule is CC(C)(C)C[C@@H]1N[C@@H](C(=O)NCC[C@H]2COC(C)(C)O2)[C@H](c2cccc(Cl)c2)[C@@]1(C#N)c1ccc(Cl)nc1. The van der Waals surface area contributed by atoms with Crippen LogP contribution in [-0.4, -0.2) is 48.0 Å². The molecule has 2 aliphatic heterocycles. The van der Waals surface area contributed by atoms with Crippen molar-refractivity contribution < 1.29 is 14.3 Å². The molecule has 2 aliphatic rings. The Bertz CT molecular complexity index is 1190. The van der Waals surface area contributed by atoms with Gasteiger partial charge in [0.2, 0.25) is 5.91 Å². The fourth-order valence-electron chi connectivity index (χ4n) is 5.72. The van der Waals surface area contributed by atoms with Crippen LogP contribution in [0, 0.1) is 16.7 Å². The highest BCUT2D eigenvalue weighted by atomic mass is 35.5. The maximum atomic E-state index is 13.8. The number of nitrogens with zero attached hydrogens (tertiary/aromatic N) is 2. The lowest BCUT2D eigenvalue weighted by Gasteiger charge is -2.37. The van der Waals surface area contributed by atoms with E-state index in [0.29, 0.717) is 41.7 Å². The zero-order valence-corrected chi connectivity index (χ0v) is 24.1. The third-order valence-corrected chi connectivity index (χ3v) is 7.74. The molecule has 3 heterocycles. The van der Waals surface area contributed by atoms with Gasteiger partial charge in [-0.05, 0) is 61.4 Å². The van der Waals surface area contributed by atoms with E-state index in [1.807, 2.05) is 38.1 Å². The molecule has 4 rings (SSSR count). The number of hydrogen-bond acceptors (Lipinski definition) is 6. The van der Waals surface area contributed by atoms with Gasteiger partial charge in [0.05, 0.1) is 24.8 Å². The lowest BCUT2D eigenvalue weighted by atomic mass is 9.63. The summed E-state index contributed by atoms with van der Waals surface area (Å²) in [5.41, 5.74) is 0.318. The summed E-state index contributed by atoms with van der Waals surface area (Å²) in [4.78, 5) is 18.1. The van der Waals surface area contributed by atoms with Crippen LogP contribution in [0.4, 0.5) is 0 Å². The zero-order valence-electron chi connectivity index (χ0n) is 22.6. The summed E-state index contributed by atoms with van der Waals surface area (Å²) >= 11 is 12.5. The van der Waals surface area contributed by atoms with Crippen LogP contribution in [0.2, 0.25) is 10.2 Å². The number of carbonyl (C=O) groups excluding carboxylic acids is 1. The number of hydrogen-bond donors (Lipinski definition) is 2. The van der Waals surface area contributed by atoms with Gasteiger partial charge in [0.1, 0.15) is 10.6 Å². The first kappa shape index (κ1) is 28.8. The van der Waals surface area contributed by atoms with Crippen LogP contribution in [0.3, 0.4) is 0 Å². The van der Waals surface area contributed by atoms with E-state index in [1.165, 1.54) is 0 Å². The molecule has 0 radical (unpaired) electrons. The summed E-state index contributed by atoms with van der Waals surface area (Å²) in [6.07, 6.45) is 2.85.